The van der Waals surface area contributed by atoms with Crippen molar-refractivity contribution in [3.05, 3.63) is 0 Å². The molecule has 0 aromatic rings. The van der Waals surface area contributed by atoms with Gasteiger partial charge in [-0.2, -0.15) is 12.6 Å². The maximum atomic E-state index is 12.5. The molecule has 0 bridgehead atoms. The molecule has 3 amide bonds. The van der Waals surface area contributed by atoms with Crippen molar-refractivity contribution in [1.82, 2.24) is 16.0 Å². The van der Waals surface area contributed by atoms with E-state index in [1.54, 1.807) is 0 Å². The fourth-order valence-corrected chi connectivity index (χ4v) is 2.54. The van der Waals surface area contributed by atoms with Gasteiger partial charge in [-0.25, -0.2) is 4.79 Å². The summed E-state index contributed by atoms with van der Waals surface area (Å²) in [4.78, 5) is 58.4. The lowest BCUT2D eigenvalue weighted by Crippen LogP contribution is -2.56. The largest absolute Gasteiger partial charge is 0.481 e. The fraction of sp³-hybridized carbons (Fsp3) is 0.688. The van der Waals surface area contributed by atoms with E-state index in [0.717, 1.165) is 0 Å². The first kappa shape index (κ1) is 26.6. The lowest BCUT2D eigenvalue weighted by molar-refractivity contribution is -0.143. The molecule has 0 fully saturated rings. The topological polar surface area (TPSA) is 214 Å². The molecule has 13 heteroatoms. The number of rotatable bonds is 15. The summed E-state index contributed by atoms with van der Waals surface area (Å²) in [5, 5.41) is 25.1. The summed E-state index contributed by atoms with van der Waals surface area (Å²) >= 11 is 3.96. The highest BCUT2D eigenvalue weighted by molar-refractivity contribution is 7.80. The van der Waals surface area contributed by atoms with Crippen LogP contribution in [-0.4, -0.2) is 76.8 Å². The molecule has 0 aliphatic heterocycles. The normalized spacial score (nSPS) is 13.6. The predicted octanol–water partition coefficient (Wildman–Crippen LogP) is -2.59. The predicted molar refractivity (Wildman–Crippen MR) is 106 cm³/mol. The van der Waals surface area contributed by atoms with Gasteiger partial charge >= 0.3 is 11.9 Å². The average Bonchev–Trinajstić information content (AvgIpc) is 2.67. The van der Waals surface area contributed by atoms with Gasteiger partial charge in [-0.15, -0.1) is 0 Å². The number of carbonyl (C=O) groups excluding carboxylic acids is 3. The van der Waals surface area contributed by atoms with Gasteiger partial charge in [0.25, 0.3) is 0 Å². The van der Waals surface area contributed by atoms with Gasteiger partial charge in [0.15, 0.2) is 0 Å². The van der Waals surface area contributed by atoms with Gasteiger partial charge in [-0.3, -0.25) is 19.2 Å². The molecule has 0 aliphatic rings. The molecule has 0 aliphatic carbocycles. The maximum absolute atomic E-state index is 12.5. The second-order valence-electron chi connectivity index (χ2n) is 6.18. The standard InChI is InChI=1S/C16H29N5O7S/c17-6-2-1-3-10(16(27)28)21-14(25)9(4-5-13(23)24)20-15(26)11(8-29)19-12(22)7-18/h9-11,29H,1-8,17-18H2,(H,19,22)(H,20,26)(H,21,25)(H,23,24)(H,27,28). The van der Waals surface area contributed by atoms with Crippen LogP contribution in [0.2, 0.25) is 0 Å². The van der Waals surface area contributed by atoms with Crippen molar-refractivity contribution in [3.8, 4) is 0 Å². The maximum Gasteiger partial charge on any atom is 0.326 e. The van der Waals surface area contributed by atoms with Crippen LogP contribution in [-0.2, 0) is 24.0 Å². The number of thiol groups is 1. The van der Waals surface area contributed by atoms with Crippen LogP contribution in [0.4, 0.5) is 0 Å². The van der Waals surface area contributed by atoms with Crippen molar-refractivity contribution in [2.24, 2.45) is 11.5 Å². The minimum atomic E-state index is -1.31. The number of nitrogens with two attached hydrogens (primary N) is 2. The van der Waals surface area contributed by atoms with E-state index in [4.69, 9.17) is 16.6 Å². The fourth-order valence-electron chi connectivity index (χ4n) is 2.28. The van der Waals surface area contributed by atoms with Crippen LogP contribution in [0.1, 0.15) is 32.1 Å². The number of hydrogen-bond acceptors (Lipinski definition) is 8. The van der Waals surface area contributed by atoms with Gasteiger partial charge in [-0.1, -0.05) is 0 Å². The summed E-state index contributed by atoms with van der Waals surface area (Å²) in [6.07, 6.45) is 0.454. The Morgan fingerprint density at radius 2 is 1.41 bits per heavy atom. The van der Waals surface area contributed by atoms with E-state index in [0.29, 0.717) is 19.4 Å². The number of carboxylic acid groups (broad SMARTS) is 2. The van der Waals surface area contributed by atoms with Crippen molar-refractivity contribution < 1.29 is 34.2 Å². The van der Waals surface area contributed by atoms with Gasteiger partial charge in [0.05, 0.1) is 6.54 Å². The first-order valence-electron chi connectivity index (χ1n) is 9.01. The molecule has 3 atom stereocenters. The number of nitrogens with one attached hydrogen (secondary N) is 3. The van der Waals surface area contributed by atoms with E-state index in [1.165, 1.54) is 0 Å². The molecule has 0 saturated carbocycles. The second kappa shape index (κ2) is 14.6. The third-order valence-electron chi connectivity index (χ3n) is 3.86. The molecule has 3 unspecified atom stereocenters. The first-order valence-corrected chi connectivity index (χ1v) is 9.65. The van der Waals surface area contributed by atoms with E-state index in [1.807, 2.05) is 0 Å². The zero-order valence-corrected chi connectivity index (χ0v) is 16.8. The van der Waals surface area contributed by atoms with Crippen molar-refractivity contribution in [1.29, 1.82) is 0 Å². The lowest BCUT2D eigenvalue weighted by Gasteiger charge is -2.23. The Hall–Kier alpha value is -2.38. The monoisotopic (exact) mass is 435 g/mol. The summed E-state index contributed by atoms with van der Waals surface area (Å²) in [6.45, 7) is 0.0147. The molecule has 0 spiro atoms. The van der Waals surface area contributed by atoms with Crippen LogP contribution in [0.25, 0.3) is 0 Å². The quantitative estimate of drug-likeness (QED) is 0.0998. The Labute approximate surface area is 173 Å². The summed E-state index contributed by atoms with van der Waals surface area (Å²) in [6, 6.07) is -3.63. The number of aliphatic carboxylic acids is 2. The minimum Gasteiger partial charge on any atom is -0.481 e. The van der Waals surface area contributed by atoms with Crippen LogP contribution in [0.5, 0.6) is 0 Å². The number of carboxylic acids is 2. The summed E-state index contributed by atoms with van der Waals surface area (Å²) in [5.74, 6) is -4.79. The summed E-state index contributed by atoms with van der Waals surface area (Å²) < 4.78 is 0. The van der Waals surface area contributed by atoms with E-state index < -0.39 is 54.2 Å². The van der Waals surface area contributed by atoms with E-state index in [2.05, 4.69) is 28.6 Å². The number of unbranched alkanes of at least 4 members (excludes halogenated alkanes) is 1. The number of carbonyl (C=O) groups is 5. The molecule has 9 N–H and O–H groups in total. The Morgan fingerprint density at radius 3 is 1.90 bits per heavy atom. The minimum absolute atomic E-state index is 0.0956. The third kappa shape index (κ3) is 11.3. The van der Waals surface area contributed by atoms with Crippen molar-refractivity contribution in [2.75, 3.05) is 18.8 Å². The van der Waals surface area contributed by atoms with E-state index in [-0.39, 0.29) is 25.1 Å². The molecule has 0 aromatic heterocycles. The number of amides is 3. The molecule has 0 heterocycles. The van der Waals surface area contributed by atoms with Crippen molar-refractivity contribution in [3.63, 3.8) is 0 Å². The molecule has 166 valence electrons. The Morgan fingerprint density at radius 1 is 0.828 bits per heavy atom. The Kier molecular flexibility index (Phi) is 13.4. The molecular formula is C16H29N5O7S. The molecule has 0 radical (unpaired) electrons. The lowest BCUT2D eigenvalue weighted by atomic mass is 10.1. The first-order chi connectivity index (χ1) is 13.7. The second-order valence-corrected chi connectivity index (χ2v) is 6.55. The molecule has 0 aromatic carbocycles. The highest BCUT2D eigenvalue weighted by atomic mass is 32.1. The molecule has 29 heavy (non-hydrogen) atoms. The molecule has 0 rings (SSSR count). The zero-order valence-electron chi connectivity index (χ0n) is 15.9. The number of hydrogen-bond donors (Lipinski definition) is 8. The zero-order chi connectivity index (χ0) is 22.4. The SMILES string of the molecule is NCCCCC(NC(=O)C(CCC(=O)O)NC(=O)C(CS)NC(=O)CN)C(=O)O. The van der Waals surface area contributed by atoms with Crippen LogP contribution < -0.4 is 27.4 Å². The summed E-state index contributed by atoms with van der Waals surface area (Å²) in [5.41, 5.74) is 10.5. The van der Waals surface area contributed by atoms with Crippen LogP contribution >= 0.6 is 12.6 Å². The van der Waals surface area contributed by atoms with E-state index in [9.17, 15) is 29.1 Å². The highest BCUT2D eigenvalue weighted by Crippen LogP contribution is 2.05. The van der Waals surface area contributed by atoms with Crippen LogP contribution in [0, 0.1) is 0 Å². The van der Waals surface area contributed by atoms with Gasteiger partial charge in [-0.05, 0) is 32.2 Å². The van der Waals surface area contributed by atoms with E-state index >= 15 is 0 Å². The smallest absolute Gasteiger partial charge is 0.326 e. The van der Waals surface area contributed by atoms with Gasteiger partial charge in [0, 0.05) is 12.2 Å². The van der Waals surface area contributed by atoms with Gasteiger partial charge in [0.1, 0.15) is 18.1 Å². The van der Waals surface area contributed by atoms with Gasteiger partial charge < -0.3 is 37.6 Å². The average molecular weight is 436 g/mol. The van der Waals surface area contributed by atoms with Crippen LogP contribution in [0.15, 0.2) is 0 Å². The summed E-state index contributed by atoms with van der Waals surface area (Å²) in [7, 11) is 0. The Balaban J connectivity index is 5.18. The van der Waals surface area contributed by atoms with Crippen LogP contribution in [0.3, 0.4) is 0 Å². The van der Waals surface area contributed by atoms with Crippen molar-refractivity contribution >= 4 is 42.3 Å². The molecule has 12 nitrogen and oxygen atoms in total. The third-order valence-corrected chi connectivity index (χ3v) is 4.23. The molecular weight excluding hydrogens is 406 g/mol. The highest BCUT2D eigenvalue weighted by Gasteiger charge is 2.29. The van der Waals surface area contributed by atoms with Crippen molar-refractivity contribution in [2.45, 2.75) is 50.2 Å². The Bertz CT molecular complexity index is 590. The van der Waals surface area contributed by atoms with Gasteiger partial charge in [0.2, 0.25) is 17.7 Å². The molecule has 0 saturated heterocycles.